The summed E-state index contributed by atoms with van der Waals surface area (Å²) in [6.45, 7) is 3.24. The molecule has 22 heavy (non-hydrogen) atoms. The second kappa shape index (κ2) is 7.36. The van der Waals surface area contributed by atoms with Crippen molar-refractivity contribution < 1.29 is 16.4 Å². The molecular weight excluding hydrogens is 274 g/mol. The molecule has 0 heterocycles. The smallest absolute Gasteiger partial charge is 0.259 e. The van der Waals surface area contributed by atoms with Gasteiger partial charge in [0.2, 0.25) is 0 Å². The molecule has 2 aromatic carbocycles. The summed E-state index contributed by atoms with van der Waals surface area (Å²) < 4.78 is 39.1. The van der Waals surface area contributed by atoms with Crippen LogP contribution < -0.4 is 5.32 Å². The number of para-hydroxylation sites is 1. The molecule has 3 nitrogen and oxygen atoms in total. The van der Waals surface area contributed by atoms with Gasteiger partial charge in [0.05, 0.1) is 12.4 Å². The third-order valence-corrected chi connectivity index (χ3v) is 2.87. The highest BCUT2D eigenvalue weighted by Crippen LogP contribution is 2.15. The number of nitrogens with one attached hydrogen (secondary N) is 1. The average molecular weight is 298 g/mol. The number of carbonyl (C=O) groups is 2. The minimum Gasteiger partial charge on any atom is -0.322 e. The highest BCUT2D eigenvalue weighted by molar-refractivity contribution is 6.26. The van der Waals surface area contributed by atoms with Crippen LogP contribution in [0.15, 0.2) is 66.1 Å². The van der Waals surface area contributed by atoms with E-state index in [1.165, 1.54) is 0 Å². The molecule has 2 rings (SSSR count). The van der Waals surface area contributed by atoms with E-state index in [1.807, 2.05) is 0 Å². The molecule has 1 N–H and O–H groups in total. The number of anilines is 1. The van der Waals surface area contributed by atoms with Gasteiger partial charge >= 0.3 is 0 Å². The maximum atomic E-state index is 12.7. The number of benzene rings is 2. The molecule has 0 aliphatic rings. The Hall–Kier alpha value is -2.68. The molecule has 0 aliphatic heterocycles. The van der Waals surface area contributed by atoms with Crippen LogP contribution in [0.5, 0.6) is 0 Å². The highest BCUT2D eigenvalue weighted by atomic mass is 16.2. The number of Topliss-reactive ketones (excluding diaryl/α,β-unsaturated/α-hetero) is 1. The zero-order valence-electron chi connectivity index (χ0n) is 17.4. The van der Waals surface area contributed by atoms with E-state index in [-0.39, 0.29) is 11.1 Å². The number of hydrogen-bond donors (Lipinski definition) is 1. The molecule has 0 saturated heterocycles. The van der Waals surface area contributed by atoms with Gasteiger partial charge in [0.1, 0.15) is 0 Å². The number of amides is 1. The van der Waals surface area contributed by atoms with Crippen LogP contribution in [0.4, 0.5) is 5.69 Å². The van der Waals surface area contributed by atoms with Gasteiger partial charge in [0, 0.05) is 11.6 Å². The third-order valence-electron chi connectivity index (χ3n) is 2.87. The normalized spacial score (nSPS) is 14.5. The highest BCUT2D eigenvalue weighted by Gasteiger charge is 2.21. The monoisotopic (exact) mass is 298 g/mol. The zero-order valence-corrected chi connectivity index (χ0v) is 12.4. The number of ketones is 1. The van der Waals surface area contributed by atoms with Crippen molar-refractivity contribution in [3.8, 4) is 0 Å². The van der Waals surface area contributed by atoms with Gasteiger partial charge in [-0.2, -0.15) is 0 Å². The summed E-state index contributed by atoms with van der Waals surface area (Å²) in [5.74, 6) is -1.70. The van der Waals surface area contributed by atoms with Crippen LogP contribution in [0.25, 0.3) is 6.08 Å². The first kappa shape index (κ1) is 10.1. The molecule has 1 amide bonds. The quantitative estimate of drug-likeness (QED) is 0.516. The second-order valence-corrected chi connectivity index (χ2v) is 4.94. The van der Waals surface area contributed by atoms with Crippen molar-refractivity contribution in [2.24, 2.45) is 5.92 Å². The molecule has 0 aromatic heterocycles. The molecule has 0 bridgehead atoms. The summed E-state index contributed by atoms with van der Waals surface area (Å²) in [7, 11) is 0. The average Bonchev–Trinajstić information content (AvgIpc) is 2.65. The Labute approximate surface area is 137 Å². The largest absolute Gasteiger partial charge is 0.322 e. The van der Waals surface area contributed by atoms with Crippen molar-refractivity contribution in [2.45, 2.75) is 13.8 Å². The third kappa shape index (κ3) is 4.16. The lowest BCUT2D eigenvalue weighted by atomic mass is 9.98. The number of carbonyl (C=O) groups excluding carboxylic acids is 2. The van der Waals surface area contributed by atoms with E-state index in [4.69, 9.17) is 6.85 Å². The Morgan fingerprint density at radius 1 is 1.09 bits per heavy atom. The predicted octanol–water partition coefficient (Wildman–Crippen LogP) is 3.93. The van der Waals surface area contributed by atoms with Crippen LogP contribution in [0.3, 0.4) is 0 Å². The SMILES string of the molecule is [2H]c1c([2H])c([2H])c(/C=C(\C(=O)Nc2ccccc2)C(=O)C(C)C)c([2H])c1[2H]. The van der Waals surface area contributed by atoms with E-state index in [9.17, 15) is 9.59 Å². The summed E-state index contributed by atoms with van der Waals surface area (Å²) in [5.41, 5.74) is 0.00612. The lowest BCUT2D eigenvalue weighted by Gasteiger charge is -2.10. The van der Waals surface area contributed by atoms with Crippen LogP contribution in [-0.2, 0) is 9.59 Å². The van der Waals surface area contributed by atoms with Crippen LogP contribution >= 0.6 is 0 Å². The van der Waals surface area contributed by atoms with E-state index >= 15 is 0 Å². The second-order valence-electron chi connectivity index (χ2n) is 4.94. The first-order valence-electron chi connectivity index (χ1n) is 9.34. The van der Waals surface area contributed by atoms with Crippen molar-refractivity contribution in [3.63, 3.8) is 0 Å². The van der Waals surface area contributed by atoms with Crippen LogP contribution in [0, 0.1) is 5.92 Å². The van der Waals surface area contributed by atoms with Crippen molar-refractivity contribution >= 4 is 23.5 Å². The van der Waals surface area contributed by atoms with Crippen molar-refractivity contribution in [2.75, 3.05) is 5.32 Å². The Balaban J connectivity index is 2.59. The minimum atomic E-state index is -0.702. The van der Waals surface area contributed by atoms with E-state index in [1.54, 1.807) is 44.2 Å². The summed E-state index contributed by atoms with van der Waals surface area (Å²) in [4.78, 5) is 25.2. The zero-order chi connectivity index (χ0) is 20.3. The fourth-order valence-electron chi connectivity index (χ4n) is 1.76. The topological polar surface area (TPSA) is 46.2 Å². The molecule has 0 radical (unpaired) electrons. The first-order valence-corrected chi connectivity index (χ1v) is 6.84. The molecule has 0 saturated carbocycles. The van der Waals surface area contributed by atoms with E-state index in [2.05, 4.69) is 5.32 Å². The Morgan fingerprint density at radius 3 is 2.32 bits per heavy atom. The maximum absolute atomic E-state index is 12.7. The van der Waals surface area contributed by atoms with Crippen LogP contribution in [0.2, 0.25) is 0 Å². The lowest BCUT2D eigenvalue weighted by molar-refractivity contribution is -0.121. The van der Waals surface area contributed by atoms with Gasteiger partial charge in [-0.15, -0.1) is 0 Å². The fraction of sp³-hybridized carbons (Fsp3) is 0.158. The van der Waals surface area contributed by atoms with E-state index in [0.29, 0.717) is 5.69 Å². The molecule has 0 unspecified atom stereocenters. The van der Waals surface area contributed by atoms with Gasteiger partial charge in [-0.25, -0.2) is 0 Å². The summed E-state index contributed by atoms with van der Waals surface area (Å²) in [6.07, 6.45) is 1.07. The van der Waals surface area contributed by atoms with E-state index < -0.39 is 47.8 Å². The van der Waals surface area contributed by atoms with Gasteiger partial charge < -0.3 is 5.32 Å². The Bertz CT molecular complexity index is 894. The number of hydrogen-bond acceptors (Lipinski definition) is 2. The van der Waals surface area contributed by atoms with Crippen LogP contribution in [-0.4, -0.2) is 11.7 Å². The molecule has 0 spiro atoms. The van der Waals surface area contributed by atoms with Crippen molar-refractivity contribution in [3.05, 3.63) is 71.7 Å². The van der Waals surface area contributed by atoms with Gasteiger partial charge in [-0.3, -0.25) is 9.59 Å². The molecule has 0 fully saturated rings. The maximum Gasteiger partial charge on any atom is 0.259 e. The van der Waals surface area contributed by atoms with Crippen LogP contribution in [0.1, 0.15) is 26.3 Å². The van der Waals surface area contributed by atoms with E-state index in [0.717, 1.165) is 6.08 Å². The van der Waals surface area contributed by atoms with Gasteiger partial charge in [-0.05, 0) is 23.8 Å². The minimum absolute atomic E-state index is 0.201. The summed E-state index contributed by atoms with van der Waals surface area (Å²) in [5, 5.41) is 2.60. The number of rotatable bonds is 5. The first-order chi connectivity index (χ1) is 12.6. The van der Waals surface area contributed by atoms with Gasteiger partial charge in [0.25, 0.3) is 5.91 Å². The van der Waals surface area contributed by atoms with Gasteiger partial charge in [0.15, 0.2) is 5.78 Å². The molecule has 0 atom stereocenters. The standard InChI is InChI=1S/C19H19NO2/c1-14(2)18(21)17(13-15-9-5-3-6-10-15)19(22)20-16-11-7-4-8-12-16/h3-14H,1-2H3,(H,20,22)/b17-13-/i3D,5D,6D,9D,10D. The Morgan fingerprint density at radius 2 is 1.73 bits per heavy atom. The predicted molar refractivity (Wildman–Crippen MR) is 89.3 cm³/mol. The molecule has 3 heteroatoms. The van der Waals surface area contributed by atoms with Crippen molar-refractivity contribution in [1.82, 2.24) is 0 Å². The molecule has 112 valence electrons. The summed E-state index contributed by atoms with van der Waals surface area (Å²) in [6, 6.07) is 6.00. The lowest BCUT2D eigenvalue weighted by Crippen LogP contribution is -2.23. The van der Waals surface area contributed by atoms with Crippen molar-refractivity contribution in [1.29, 1.82) is 0 Å². The molecular formula is C19H19NO2. The van der Waals surface area contributed by atoms with Gasteiger partial charge in [-0.1, -0.05) is 62.3 Å². The fourth-order valence-corrected chi connectivity index (χ4v) is 1.76. The molecule has 0 aliphatic carbocycles. The Kier molecular flexibility index (Phi) is 3.39. The summed E-state index contributed by atoms with van der Waals surface area (Å²) >= 11 is 0. The molecule has 2 aromatic rings.